The number of methoxy groups -OCH3 is 2. The van der Waals surface area contributed by atoms with E-state index in [2.05, 4.69) is 0 Å². The van der Waals surface area contributed by atoms with Gasteiger partial charge >= 0.3 is 0 Å². The maximum Gasteiger partial charge on any atom is 0.203 e. The maximum atomic E-state index is 5.66. The first kappa shape index (κ1) is 14.4. The molecule has 0 bridgehead atoms. The van der Waals surface area contributed by atoms with Crippen molar-refractivity contribution in [3.8, 4) is 17.2 Å². The molecule has 0 amide bonds. The molecule has 100 valence electrons. The van der Waals surface area contributed by atoms with E-state index in [1.54, 1.807) is 14.2 Å². The summed E-state index contributed by atoms with van der Waals surface area (Å²) in [5.74, 6) is 1.96. The zero-order valence-corrected chi connectivity index (χ0v) is 11.2. The number of rotatable bonds is 7. The van der Waals surface area contributed by atoms with Crippen LogP contribution in [0.5, 0.6) is 17.2 Å². The van der Waals surface area contributed by atoms with E-state index in [9.17, 15) is 0 Å². The zero-order chi connectivity index (χ0) is 13.4. The highest BCUT2D eigenvalue weighted by Gasteiger charge is 2.13. The van der Waals surface area contributed by atoms with Crippen molar-refractivity contribution >= 4 is 0 Å². The molecule has 0 fully saturated rings. The standard InChI is InChI=1S/C14H21NO3/c1-4-5-8-18-14-12(16-2)9-11(6-7-15)10-13(14)17-3/h4-5,9-10H,6-8,15H2,1-3H3/b5-4+. The van der Waals surface area contributed by atoms with E-state index in [4.69, 9.17) is 19.9 Å². The number of benzene rings is 1. The van der Waals surface area contributed by atoms with Crippen LogP contribution in [0.2, 0.25) is 0 Å². The van der Waals surface area contributed by atoms with Gasteiger partial charge in [-0.25, -0.2) is 0 Å². The van der Waals surface area contributed by atoms with Crippen LogP contribution in [-0.4, -0.2) is 27.4 Å². The van der Waals surface area contributed by atoms with Gasteiger partial charge in [0.05, 0.1) is 14.2 Å². The average Bonchev–Trinajstić information content (AvgIpc) is 2.40. The summed E-state index contributed by atoms with van der Waals surface area (Å²) in [6.45, 7) is 3.02. The van der Waals surface area contributed by atoms with E-state index in [0.29, 0.717) is 30.4 Å². The first-order valence-corrected chi connectivity index (χ1v) is 5.95. The van der Waals surface area contributed by atoms with E-state index in [1.807, 2.05) is 31.2 Å². The Balaban J connectivity index is 3.04. The van der Waals surface area contributed by atoms with Gasteiger partial charge in [-0.3, -0.25) is 0 Å². The quantitative estimate of drug-likeness (QED) is 0.754. The number of ether oxygens (including phenoxy) is 3. The van der Waals surface area contributed by atoms with E-state index in [-0.39, 0.29) is 0 Å². The summed E-state index contributed by atoms with van der Waals surface area (Å²) in [7, 11) is 3.23. The van der Waals surface area contributed by atoms with Gasteiger partial charge in [-0.1, -0.05) is 12.2 Å². The number of hydrogen-bond donors (Lipinski definition) is 1. The van der Waals surface area contributed by atoms with E-state index in [1.165, 1.54) is 0 Å². The van der Waals surface area contributed by atoms with Crippen LogP contribution in [0.4, 0.5) is 0 Å². The second kappa shape index (κ2) is 7.61. The van der Waals surface area contributed by atoms with Crippen LogP contribution in [0.3, 0.4) is 0 Å². The Hall–Kier alpha value is -1.68. The summed E-state index contributed by atoms with van der Waals surface area (Å²) in [5.41, 5.74) is 6.63. The van der Waals surface area contributed by atoms with E-state index >= 15 is 0 Å². The molecule has 18 heavy (non-hydrogen) atoms. The fraction of sp³-hybridized carbons (Fsp3) is 0.429. The number of allylic oxidation sites excluding steroid dienone is 1. The van der Waals surface area contributed by atoms with Crippen molar-refractivity contribution in [1.82, 2.24) is 0 Å². The number of nitrogens with two attached hydrogens (primary N) is 1. The summed E-state index contributed by atoms with van der Waals surface area (Å²) in [5, 5.41) is 0. The Morgan fingerprint density at radius 2 is 1.78 bits per heavy atom. The van der Waals surface area contributed by atoms with E-state index in [0.717, 1.165) is 12.0 Å². The largest absolute Gasteiger partial charge is 0.493 e. The predicted octanol–water partition coefficient (Wildman–Crippen LogP) is 2.16. The second-order valence-corrected chi connectivity index (χ2v) is 3.75. The molecule has 0 radical (unpaired) electrons. The molecule has 0 atom stereocenters. The third kappa shape index (κ3) is 3.67. The SMILES string of the molecule is C/C=C/COc1c(OC)cc(CCN)cc1OC. The minimum Gasteiger partial charge on any atom is -0.493 e. The van der Waals surface area contributed by atoms with Crippen LogP contribution in [0.1, 0.15) is 12.5 Å². The molecule has 1 aromatic rings. The molecule has 0 aromatic heterocycles. The monoisotopic (exact) mass is 251 g/mol. The average molecular weight is 251 g/mol. The summed E-state index contributed by atoms with van der Waals surface area (Å²) >= 11 is 0. The van der Waals surface area contributed by atoms with Crippen LogP contribution in [0.25, 0.3) is 0 Å². The van der Waals surface area contributed by atoms with Crippen LogP contribution in [0.15, 0.2) is 24.3 Å². The molecule has 0 spiro atoms. The lowest BCUT2D eigenvalue weighted by Crippen LogP contribution is -2.05. The minimum atomic E-state index is 0.486. The third-order valence-corrected chi connectivity index (χ3v) is 2.51. The Bertz CT molecular complexity index is 377. The van der Waals surface area contributed by atoms with Gasteiger partial charge < -0.3 is 19.9 Å². The highest BCUT2D eigenvalue weighted by Crippen LogP contribution is 2.38. The molecule has 4 nitrogen and oxygen atoms in total. The van der Waals surface area contributed by atoms with Crippen molar-refractivity contribution < 1.29 is 14.2 Å². The molecule has 0 saturated heterocycles. The highest BCUT2D eigenvalue weighted by atomic mass is 16.5. The van der Waals surface area contributed by atoms with Gasteiger partial charge in [-0.05, 0) is 37.6 Å². The Labute approximate surface area is 108 Å². The van der Waals surface area contributed by atoms with Crippen molar-refractivity contribution in [3.63, 3.8) is 0 Å². The van der Waals surface area contributed by atoms with Gasteiger partial charge in [-0.15, -0.1) is 0 Å². The summed E-state index contributed by atoms with van der Waals surface area (Å²) < 4.78 is 16.3. The van der Waals surface area contributed by atoms with Gasteiger partial charge in [0.2, 0.25) is 5.75 Å². The maximum absolute atomic E-state index is 5.66. The second-order valence-electron chi connectivity index (χ2n) is 3.75. The lowest BCUT2D eigenvalue weighted by atomic mass is 10.1. The molecule has 0 saturated carbocycles. The van der Waals surface area contributed by atoms with Crippen molar-refractivity contribution in [1.29, 1.82) is 0 Å². The molecule has 2 N–H and O–H groups in total. The van der Waals surface area contributed by atoms with Crippen molar-refractivity contribution in [2.24, 2.45) is 5.73 Å². The fourth-order valence-electron chi connectivity index (χ4n) is 1.62. The fourth-order valence-corrected chi connectivity index (χ4v) is 1.62. The van der Waals surface area contributed by atoms with Gasteiger partial charge in [0, 0.05) is 0 Å². The molecule has 0 aliphatic rings. The van der Waals surface area contributed by atoms with Crippen LogP contribution in [-0.2, 0) is 6.42 Å². The van der Waals surface area contributed by atoms with Crippen LogP contribution in [0, 0.1) is 0 Å². The van der Waals surface area contributed by atoms with Gasteiger partial charge in [0.25, 0.3) is 0 Å². The van der Waals surface area contributed by atoms with Gasteiger partial charge in [-0.2, -0.15) is 0 Å². The molecule has 1 rings (SSSR count). The summed E-state index contributed by atoms with van der Waals surface area (Å²) in [4.78, 5) is 0. The molecular formula is C14H21NO3. The lowest BCUT2D eigenvalue weighted by molar-refractivity contribution is 0.300. The summed E-state index contributed by atoms with van der Waals surface area (Å²) in [6, 6.07) is 3.86. The highest BCUT2D eigenvalue weighted by molar-refractivity contribution is 5.54. The molecule has 0 heterocycles. The first-order valence-electron chi connectivity index (χ1n) is 5.95. The Morgan fingerprint density at radius 1 is 1.17 bits per heavy atom. The molecule has 4 heteroatoms. The lowest BCUT2D eigenvalue weighted by Gasteiger charge is -2.15. The smallest absolute Gasteiger partial charge is 0.203 e. The van der Waals surface area contributed by atoms with Gasteiger partial charge in [0.1, 0.15) is 6.61 Å². The first-order chi connectivity index (χ1) is 8.76. The van der Waals surface area contributed by atoms with Crippen molar-refractivity contribution in [3.05, 3.63) is 29.8 Å². The third-order valence-electron chi connectivity index (χ3n) is 2.51. The Morgan fingerprint density at radius 3 is 2.22 bits per heavy atom. The van der Waals surface area contributed by atoms with Crippen molar-refractivity contribution in [2.75, 3.05) is 27.4 Å². The van der Waals surface area contributed by atoms with Crippen molar-refractivity contribution in [2.45, 2.75) is 13.3 Å². The van der Waals surface area contributed by atoms with E-state index < -0.39 is 0 Å². The molecule has 1 aromatic carbocycles. The molecular weight excluding hydrogens is 230 g/mol. The minimum absolute atomic E-state index is 0.486. The zero-order valence-electron chi connectivity index (χ0n) is 11.2. The number of hydrogen-bond acceptors (Lipinski definition) is 4. The predicted molar refractivity (Wildman–Crippen MR) is 72.6 cm³/mol. The van der Waals surface area contributed by atoms with Crippen LogP contribution >= 0.6 is 0 Å². The summed E-state index contributed by atoms with van der Waals surface area (Å²) in [6.07, 6.45) is 4.64. The molecule has 0 aliphatic carbocycles. The Kier molecular flexibility index (Phi) is 6.08. The molecule has 0 aliphatic heterocycles. The van der Waals surface area contributed by atoms with Crippen LogP contribution < -0.4 is 19.9 Å². The topological polar surface area (TPSA) is 53.7 Å². The normalized spacial score (nSPS) is 10.7. The molecule has 0 unspecified atom stereocenters. The van der Waals surface area contributed by atoms with Gasteiger partial charge in [0.15, 0.2) is 11.5 Å².